The van der Waals surface area contributed by atoms with E-state index in [1.165, 1.54) is 33.3 Å². The molecule has 9 heteroatoms. The lowest BCUT2D eigenvalue weighted by molar-refractivity contribution is -0.139. The Labute approximate surface area is 205 Å². The van der Waals surface area contributed by atoms with Crippen molar-refractivity contribution < 1.29 is 33.6 Å². The van der Waals surface area contributed by atoms with Crippen LogP contribution in [0.1, 0.15) is 23.6 Å². The van der Waals surface area contributed by atoms with Crippen LogP contribution in [0.3, 0.4) is 0 Å². The number of Topliss-reactive ketones (excluding diaryl/α,β-unsaturated/α-hetero) is 1. The summed E-state index contributed by atoms with van der Waals surface area (Å²) in [7, 11) is 9.87. The van der Waals surface area contributed by atoms with Gasteiger partial charge in [0.25, 0.3) is 11.7 Å². The zero-order chi connectivity index (χ0) is 25.7. The average Bonchev–Trinajstić information content (AvgIpc) is 3.12. The highest BCUT2D eigenvalue weighted by molar-refractivity contribution is 6.46. The lowest BCUT2D eigenvalue weighted by Gasteiger charge is -2.27. The van der Waals surface area contributed by atoms with Crippen LogP contribution in [0, 0.1) is 0 Å². The number of aliphatic hydroxyl groups excluding tert-OH is 1. The number of carbonyl (C=O) groups excluding carboxylic acids is 2. The van der Waals surface area contributed by atoms with Gasteiger partial charge in [-0.1, -0.05) is 12.1 Å². The van der Waals surface area contributed by atoms with Crippen molar-refractivity contribution in [2.75, 3.05) is 55.6 Å². The number of methoxy groups -OCH3 is 4. The first-order chi connectivity index (χ1) is 16.8. The SMILES string of the molecule is COc1cccc(/C(O)=C2/C(=O)C(=O)N(CCCN(C)C)C2c2cc(OC)c(OC)c(OC)c2)c1. The first-order valence-electron chi connectivity index (χ1n) is 11.1. The number of rotatable bonds is 10. The van der Waals surface area contributed by atoms with Crippen molar-refractivity contribution >= 4 is 17.4 Å². The normalized spacial score (nSPS) is 17.1. The Morgan fingerprint density at radius 2 is 1.63 bits per heavy atom. The van der Waals surface area contributed by atoms with Gasteiger partial charge < -0.3 is 33.9 Å². The summed E-state index contributed by atoms with van der Waals surface area (Å²) in [5.41, 5.74) is 0.906. The van der Waals surface area contributed by atoms with Crippen molar-refractivity contribution in [1.29, 1.82) is 0 Å². The molecule has 2 aromatic carbocycles. The van der Waals surface area contributed by atoms with Gasteiger partial charge in [-0.2, -0.15) is 0 Å². The third kappa shape index (κ3) is 5.19. The van der Waals surface area contributed by atoms with Crippen molar-refractivity contribution in [2.24, 2.45) is 0 Å². The number of hydrogen-bond acceptors (Lipinski definition) is 8. The Kier molecular flexibility index (Phi) is 8.24. The molecule has 2 aromatic rings. The minimum Gasteiger partial charge on any atom is -0.507 e. The van der Waals surface area contributed by atoms with E-state index in [1.54, 1.807) is 36.4 Å². The highest BCUT2D eigenvalue weighted by Crippen LogP contribution is 2.45. The Morgan fingerprint density at radius 1 is 0.971 bits per heavy atom. The molecule has 3 rings (SSSR count). The van der Waals surface area contributed by atoms with Crippen LogP contribution in [-0.4, -0.2) is 82.2 Å². The number of nitrogens with zero attached hydrogens (tertiary/aromatic N) is 2. The van der Waals surface area contributed by atoms with Gasteiger partial charge in [-0.05, 0) is 56.9 Å². The quantitative estimate of drug-likeness (QED) is 0.312. The average molecular weight is 485 g/mol. The van der Waals surface area contributed by atoms with E-state index >= 15 is 0 Å². The van der Waals surface area contributed by atoms with Gasteiger partial charge in [-0.15, -0.1) is 0 Å². The fraction of sp³-hybridized carbons (Fsp3) is 0.385. The molecule has 9 nitrogen and oxygen atoms in total. The van der Waals surface area contributed by atoms with Gasteiger partial charge in [0.15, 0.2) is 11.5 Å². The van der Waals surface area contributed by atoms with E-state index < -0.39 is 17.7 Å². The molecule has 1 heterocycles. The molecule has 35 heavy (non-hydrogen) atoms. The van der Waals surface area contributed by atoms with E-state index in [2.05, 4.69) is 0 Å². The number of likely N-dealkylation sites (tertiary alicyclic amines) is 1. The highest BCUT2D eigenvalue weighted by atomic mass is 16.5. The molecule has 1 aliphatic heterocycles. The van der Waals surface area contributed by atoms with Crippen LogP contribution < -0.4 is 18.9 Å². The van der Waals surface area contributed by atoms with E-state index in [1.807, 2.05) is 19.0 Å². The van der Waals surface area contributed by atoms with Crippen LogP contribution in [-0.2, 0) is 9.59 Å². The van der Waals surface area contributed by atoms with Crippen molar-refractivity contribution in [3.05, 3.63) is 53.1 Å². The van der Waals surface area contributed by atoms with Crippen molar-refractivity contribution in [1.82, 2.24) is 9.80 Å². The van der Waals surface area contributed by atoms with Crippen molar-refractivity contribution in [3.63, 3.8) is 0 Å². The van der Waals surface area contributed by atoms with E-state index in [-0.39, 0.29) is 11.3 Å². The van der Waals surface area contributed by atoms with Crippen LogP contribution in [0.2, 0.25) is 0 Å². The van der Waals surface area contributed by atoms with Gasteiger partial charge in [-0.3, -0.25) is 9.59 Å². The van der Waals surface area contributed by atoms with Gasteiger partial charge in [0.1, 0.15) is 11.5 Å². The standard InChI is InChI=1S/C26H32N2O7/c1-27(2)11-8-12-28-22(17-14-19(33-4)25(35-6)20(15-17)34-5)21(24(30)26(28)31)23(29)16-9-7-10-18(13-16)32-3/h7,9-10,13-15,22,29H,8,11-12H2,1-6H3/b23-21-. The second-order valence-electron chi connectivity index (χ2n) is 8.34. The number of hydrogen-bond donors (Lipinski definition) is 1. The second-order valence-corrected chi connectivity index (χ2v) is 8.34. The molecule has 0 aliphatic carbocycles. The molecule has 1 aliphatic rings. The van der Waals surface area contributed by atoms with Crippen LogP contribution in [0.25, 0.3) is 5.76 Å². The van der Waals surface area contributed by atoms with Crippen LogP contribution in [0.5, 0.6) is 23.0 Å². The van der Waals surface area contributed by atoms with Gasteiger partial charge in [-0.25, -0.2) is 0 Å². The zero-order valence-corrected chi connectivity index (χ0v) is 21.0. The number of ketones is 1. The Hall–Kier alpha value is -3.72. The fourth-order valence-corrected chi connectivity index (χ4v) is 4.20. The third-order valence-electron chi connectivity index (χ3n) is 5.89. The summed E-state index contributed by atoms with van der Waals surface area (Å²) >= 11 is 0. The van der Waals surface area contributed by atoms with Gasteiger partial charge in [0.05, 0.1) is 40.1 Å². The van der Waals surface area contributed by atoms with Crippen LogP contribution in [0.15, 0.2) is 42.0 Å². The lowest BCUT2D eigenvalue weighted by atomic mass is 9.94. The molecule has 188 valence electrons. The molecule has 1 atom stereocenters. The fourth-order valence-electron chi connectivity index (χ4n) is 4.20. The van der Waals surface area contributed by atoms with E-state index in [9.17, 15) is 14.7 Å². The number of aliphatic hydroxyl groups is 1. The van der Waals surface area contributed by atoms with Crippen LogP contribution >= 0.6 is 0 Å². The topological polar surface area (TPSA) is 97.8 Å². The summed E-state index contributed by atoms with van der Waals surface area (Å²) in [6, 6.07) is 9.23. The van der Waals surface area contributed by atoms with Gasteiger partial charge >= 0.3 is 0 Å². The molecule has 0 saturated carbocycles. The molecule has 1 amide bonds. The summed E-state index contributed by atoms with van der Waals surface area (Å²) in [6.45, 7) is 1.04. The van der Waals surface area contributed by atoms with Crippen molar-refractivity contribution in [3.8, 4) is 23.0 Å². The third-order valence-corrected chi connectivity index (χ3v) is 5.89. The molecule has 0 radical (unpaired) electrons. The van der Waals surface area contributed by atoms with Gasteiger partial charge in [0.2, 0.25) is 5.75 Å². The number of benzene rings is 2. The summed E-state index contributed by atoms with van der Waals surface area (Å²) in [4.78, 5) is 29.9. The molecule has 1 unspecified atom stereocenters. The summed E-state index contributed by atoms with van der Waals surface area (Å²) in [5.74, 6) is -0.0593. The second kappa shape index (κ2) is 11.1. The summed E-state index contributed by atoms with van der Waals surface area (Å²) in [5, 5.41) is 11.3. The largest absolute Gasteiger partial charge is 0.507 e. The maximum Gasteiger partial charge on any atom is 0.295 e. The maximum absolute atomic E-state index is 13.3. The Balaban J connectivity index is 2.22. The molecule has 0 aromatic heterocycles. The first-order valence-corrected chi connectivity index (χ1v) is 11.1. The van der Waals surface area contributed by atoms with Crippen LogP contribution in [0.4, 0.5) is 0 Å². The summed E-state index contributed by atoms with van der Waals surface area (Å²) < 4.78 is 21.7. The molecule has 1 N–H and O–H groups in total. The summed E-state index contributed by atoms with van der Waals surface area (Å²) in [6.07, 6.45) is 0.639. The molecular formula is C26H32N2O7. The highest BCUT2D eigenvalue weighted by Gasteiger charge is 2.46. The lowest BCUT2D eigenvalue weighted by Crippen LogP contribution is -2.32. The number of ether oxygens (including phenoxy) is 4. The van der Waals surface area contributed by atoms with E-state index in [0.717, 1.165) is 6.54 Å². The minimum absolute atomic E-state index is 0.0117. The van der Waals surface area contributed by atoms with Crippen molar-refractivity contribution in [2.45, 2.75) is 12.5 Å². The Bertz CT molecular complexity index is 1100. The predicted octanol–water partition coefficient (Wildman–Crippen LogP) is 3.09. The van der Waals surface area contributed by atoms with Gasteiger partial charge in [0, 0.05) is 12.1 Å². The number of amides is 1. The molecule has 1 fully saturated rings. The minimum atomic E-state index is -0.850. The molecule has 0 bridgehead atoms. The van der Waals surface area contributed by atoms with E-state index in [4.69, 9.17) is 18.9 Å². The van der Waals surface area contributed by atoms with E-state index in [0.29, 0.717) is 47.1 Å². The maximum atomic E-state index is 13.3. The zero-order valence-electron chi connectivity index (χ0n) is 21.0. The molecule has 0 spiro atoms. The first kappa shape index (κ1) is 25.9. The molecular weight excluding hydrogens is 452 g/mol. The molecule has 1 saturated heterocycles. The monoisotopic (exact) mass is 484 g/mol. The smallest absolute Gasteiger partial charge is 0.295 e. The number of carbonyl (C=O) groups is 2. The predicted molar refractivity (Wildman–Crippen MR) is 131 cm³/mol. The Morgan fingerprint density at radius 3 is 2.17 bits per heavy atom.